The highest BCUT2D eigenvalue weighted by molar-refractivity contribution is 5.73. The van der Waals surface area contributed by atoms with Crippen LogP contribution in [-0.2, 0) is 4.79 Å². The number of allylic oxidation sites excluding steroid dienone is 4. The highest BCUT2D eigenvalue weighted by Crippen LogP contribution is 2.68. The summed E-state index contributed by atoms with van der Waals surface area (Å²) in [7, 11) is 4.01. The van der Waals surface area contributed by atoms with Gasteiger partial charge in [-0.1, -0.05) is 45.4 Å². The largest absolute Gasteiger partial charge is 0.393 e. The Balaban J connectivity index is 1.70. The lowest BCUT2D eigenvalue weighted by atomic mass is 9.51. The van der Waals surface area contributed by atoms with Crippen LogP contribution in [0.15, 0.2) is 23.3 Å². The Morgan fingerprint density at radius 2 is 1.81 bits per heavy atom. The summed E-state index contributed by atoms with van der Waals surface area (Å²) in [6, 6.07) is 0.603. The Bertz CT molecular complexity index is 829. The number of aliphatic hydroxyl groups excluding tert-OH is 1. The Hall–Kier alpha value is -1.13. The average Bonchev–Trinajstić information content (AvgIpc) is 2.83. The fraction of sp³-hybridized carbons (Fsp3) is 0.821. The normalized spacial score (nSPS) is 43.7. The SMILES string of the molecule is CN[C@H]1CCC2=CC3=CC[C@]4(C)[C@@H]([C@@H](C)N(C)C(C)=O)[C@H](O)C[C@@]4(C)[C@@H]3CC[C@H]2C1(C)C. The number of aliphatic hydroxyl groups is 1. The Kier molecular flexibility index (Phi) is 5.98. The smallest absolute Gasteiger partial charge is 0.219 e. The number of hydrogen-bond donors (Lipinski definition) is 2. The second kappa shape index (κ2) is 7.98. The van der Waals surface area contributed by atoms with Crippen LogP contribution in [0.4, 0.5) is 0 Å². The average molecular weight is 443 g/mol. The topological polar surface area (TPSA) is 52.6 Å². The highest BCUT2D eigenvalue weighted by atomic mass is 16.3. The number of nitrogens with zero attached hydrogens (tertiary/aromatic N) is 1. The van der Waals surface area contributed by atoms with E-state index in [1.807, 2.05) is 11.9 Å². The van der Waals surface area contributed by atoms with Crippen molar-refractivity contribution in [1.29, 1.82) is 0 Å². The van der Waals surface area contributed by atoms with E-state index < -0.39 is 0 Å². The first-order valence-corrected chi connectivity index (χ1v) is 12.9. The molecule has 0 spiro atoms. The van der Waals surface area contributed by atoms with Gasteiger partial charge in [0.1, 0.15) is 0 Å². The van der Waals surface area contributed by atoms with Crippen molar-refractivity contribution in [3.63, 3.8) is 0 Å². The van der Waals surface area contributed by atoms with Crippen LogP contribution in [0.5, 0.6) is 0 Å². The van der Waals surface area contributed by atoms with E-state index >= 15 is 0 Å². The zero-order valence-electron chi connectivity index (χ0n) is 21.7. The summed E-state index contributed by atoms with van der Waals surface area (Å²) >= 11 is 0. The minimum absolute atomic E-state index is 0.0131. The monoisotopic (exact) mass is 442 g/mol. The Morgan fingerprint density at radius 3 is 2.44 bits per heavy atom. The molecule has 8 atom stereocenters. The number of hydrogen-bond acceptors (Lipinski definition) is 3. The van der Waals surface area contributed by atoms with E-state index in [1.54, 1.807) is 12.5 Å². The van der Waals surface area contributed by atoms with Gasteiger partial charge in [0.05, 0.1) is 6.10 Å². The van der Waals surface area contributed by atoms with E-state index in [2.05, 4.69) is 59.1 Å². The predicted octanol–water partition coefficient (Wildman–Crippen LogP) is 4.94. The lowest BCUT2D eigenvalue weighted by molar-refractivity contribution is -0.132. The van der Waals surface area contributed by atoms with Crippen LogP contribution in [0.1, 0.15) is 80.1 Å². The van der Waals surface area contributed by atoms with Gasteiger partial charge >= 0.3 is 0 Å². The lowest BCUT2D eigenvalue weighted by Crippen LogP contribution is -2.51. The fourth-order valence-corrected chi connectivity index (χ4v) is 8.75. The lowest BCUT2D eigenvalue weighted by Gasteiger charge is -2.53. The van der Waals surface area contributed by atoms with Crippen molar-refractivity contribution < 1.29 is 9.90 Å². The first kappa shape index (κ1) is 24.0. The molecule has 0 aromatic rings. The molecule has 180 valence electrons. The maximum absolute atomic E-state index is 12.1. The van der Waals surface area contributed by atoms with E-state index in [-0.39, 0.29) is 40.2 Å². The van der Waals surface area contributed by atoms with Gasteiger partial charge < -0.3 is 15.3 Å². The standard InChI is InChI=1S/C28H46N2O2/c1-17(30(8)18(2)31)25-23(32)16-28(6)22-11-10-21-19(9-12-24(29-7)26(21,3)4)15-20(22)13-14-27(25,28)5/h13,15,17,21-25,29,32H,9-12,14,16H2,1-8H3/t17-,21-,22-,23-,24+,25+,27-,28+/m1/s1. The van der Waals surface area contributed by atoms with E-state index in [0.717, 1.165) is 12.8 Å². The molecule has 2 fully saturated rings. The van der Waals surface area contributed by atoms with Crippen molar-refractivity contribution in [3.05, 3.63) is 23.3 Å². The molecular formula is C28H46N2O2. The molecule has 2 N–H and O–H groups in total. The summed E-state index contributed by atoms with van der Waals surface area (Å²) in [4.78, 5) is 14.0. The van der Waals surface area contributed by atoms with Gasteiger partial charge in [-0.05, 0) is 86.2 Å². The van der Waals surface area contributed by atoms with E-state index in [4.69, 9.17) is 0 Å². The first-order chi connectivity index (χ1) is 14.9. The summed E-state index contributed by atoms with van der Waals surface area (Å²) in [6.07, 6.45) is 11.4. The molecule has 0 saturated heterocycles. The van der Waals surface area contributed by atoms with Gasteiger partial charge in [-0.2, -0.15) is 0 Å². The number of nitrogens with one attached hydrogen (secondary N) is 1. The minimum Gasteiger partial charge on any atom is -0.393 e. The maximum atomic E-state index is 12.1. The predicted molar refractivity (Wildman–Crippen MR) is 131 cm³/mol. The van der Waals surface area contributed by atoms with Gasteiger partial charge in [0.25, 0.3) is 0 Å². The third-order valence-electron chi connectivity index (χ3n) is 11.1. The maximum Gasteiger partial charge on any atom is 0.219 e. The summed E-state index contributed by atoms with van der Waals surface area (Å²) in [6.45, 7) is 13.5. The number of carbonyl (C=O) groups excluding carboxylic acids is 1. The molecule has 0 heterocycles. The second-order valence-electron chi connectivity index (χ2n) is 12.5. The molecule has 4 aliphatic rings. The zero-order chi connectivity index (χ0) is 23.6. The molecule has 4 aliphatic carbocycles. The summed E-state index contributed by atoms with van der Waals surface area (Å²) in [5.41, 5.74) is 3.47. The molecule has 4 rings (SSSR count). The van der Waals surface area contributed by atoms with Crippen LogP contribution in [0.25, 0.3) is 0 Å². The van der Waals surface area contributed by atoms with E-state index in [0.29, 0.717) is 17.9 Å². The summed E-state index contributed by atoms with van der Waals surface area (Å²) in [5, 5.41) is 15.0. The molecule has 0 bridgehead atoms. The minimum atomic E-state index is -0.363. The molecule has 0 aromatic heterocycles. The van der Waals surface area contributed by atoms with Gasteiger partial charge in [-0.3, -0.25) is 4.79 Å². The molecule has 0 radical (unpaired) electrons. The van der Waals surface area contributed by atoms with Crippen LogP contribution >= 0.6 is 0 Å². The molecule has 0 aromatic carbocycles. The number of rotatable bonds is 3. The Morgan fingerprint density at radius 1 is 1.16 bits per heavy atom. The number of fused-ring (bicyclic) bond motifs is 4. The van der Waals surface area contributed by atoms with Gasteiger partial charge in [-0.25, -0.2) is 0 Å². The first-order valence-electron chi connectivity index (χ1n) is 12.9. The molecule has 4 heteroatoms. The summed E-state index contributed by atoms with van der Waals surface area (Å²) < 4.78 is 0. The molecule has 2 saturated carbocycles. The summed E-state index contributed by atoms with van der Waals surface area (Å²) in [5.74, 6) is 1.29. The number of amides is 1. The highest BCUT2D eigenvalue weighted by Gasteiger charge is 2.64. The van der Waals surface area contributed by atoms with Crippen molar-refractivity contribution in [3.8, 4) is 0 Å². The van der Waals surface area contributed by atoms with Gasteiger partial charge in [0, 0.05) is 32.0 Å². The fourth-order valence-electron chi connectivity index (χ4n) is 8.75. The Labute approximate surface area is 195 Å². The van der Waals surface area contributed by atoms with E-state index in [1.165, 1.54) is 31.3 Å². The third kappa shape index (κ3) is 3.27. The molecule has 0 aliphatic heterocycles. The molecule has 32 heavy (non-hydrogen) atoms. The van der Waals surface area contributed by atoms with Gasteiger partial charge in [-0.15, -0.1) is 0 Å². The van der Waals surface area contributed by atoms with Crippen LogP contribution in [0.2, 0.25) is 0 Å². The van der Waals surface area contributed by atoms with Gasteiger partial charge in [0.2, 0.25) is 5.91 Å². The van der Waals surface area contributed by atoms with Crippen LogP contribution in [0, 0.1) is 34.0 Å². The quantitative estimate of drug-likeness (QED) is 0.651. The molecule has 4 nitrogen and oxygen atoms in total. The van der Waals surface area contributed by atoms with Crippen molar-refractivity contribution in [2.45, 2.75) is 98.3 Å². The van der Waals surface area contributed by atoms with E-state index in [9.17, 15) is 9.90 Å². The zero-order valence-corrected chi connectivity index (χ0v) is 21.7. The van der Waals surface area contributed by atoms with Gasteiger partial charge in [0.15, 0.2) is 0 Å². The van der Waals surface area contributed by atoms with Crippen LogP contribution < -0.4 is 5.32 Å². The number of carbonyl (C=O) groups is 1. The molecule has 0 unspecified atom stereocenters. The molecular weight excluding hydrogens is 396 g/mol. The van der Waals surface area contributed by atoms with Crippen LogP contribution in [0.3, 0.4) is 0 Å². The third-order valence-corrected chi connectivity index (χ3v) is 11.1. The van der Waals surface area contributed by atoms with Crippen molar-refractivity contribution in [2.24, 2.45) is 34.0 Å². The van der Waals surface area contributed by atoms with Crippen molar-refractivity contribution >= 4 is 5.91 Å². The molecule has 1 amide bonds. The van der Waals surface area contributed by atoms with Crippen molar-refractivity contribution in [2.75, 3.05) is 14.1 Å². The van der Waals surface area contributed by atoms with Crippen molar-refractivity contribution in [1.82, 2.24) is 10.2 Å². The second-order valence-corrected chi connectivity index (χ2v) is 12.5. The van der Waals surface area contributed by atoms with Crippen LogP contribution in [-0.4, -0.2) is 48.2 Å².